The van der Waals surface area contributed by atoms with Crippen LogP contribution in [0.25, 0.3) is 0 Å². The third-order valence-corrected chi connectivity index (χ3v) is 5.29. The van der Waals surface area contributed by atoms with Crippen molar-refractivity contribution in [2.75, 3.05) is 10.6 Å². The summed E-state index contributed by atoms with van der Waals surface area (Å²) in [7, 11) is 0. The zero-order valence-corrected chi connectivity index (χ0v) is 16.8. The Morgan fingerprint density at radius 1 is 1.31 bits per heavy atom. The Hall–Kier alpha value is -2.93. The van der Waals surface area contributed by atoms with Crippen LogP contribution in [0.5, 0.6) is 0 Å². The number of amides is 1. The Kier molecular flexibility index (Phi) is 6.82. The molecule has 1 aromatic carbocycles. The highest BCUT2D eigenvalue weighted by molar-refractivity contribution is 6.32. The number of primary amides is 1. The van der Waals surface area contributed by atoms with E-state index in [2.05, 4.69) is 27.2 Å². The molecule has 1 amide bonds. The van der Waals surface area contributed by atoms with Gasteiger partial charge in [-0.05, 0) is 37.0 Å². The van der Waals surface area contributed by atoms with Gasteiger partial charge in [0.05, 0.1) is 6.20 Å². The Morgan fingerprint density at radius 3 is 2.86 bits per heavy atom. The average molecular weight is 414 g/mol. The lowest BCUT2D eigenvalue weighted by Crippen LogP contribution is -2.34. The van der Waals surface area contributed by atoms with E-state index < -0.39 is 0 Å². The van der Waals surface area contributed by atoms with Crippen LogP contribution in [-0.4, -0.2) is 27.7 Å². The number of rotatable bonds is 8. The number of nitrogens with one attached hydrogen (secondary N) is 2. The SMILES string of the molecule is C=CC(=O)Cc1ccccc1Nc1nc(N[C@H]2CCC[C@@H](C(N)=O)C2)ncc1Cl. The van der Waals surface area contributed by atoms with Crippen LogP contribution in [0, 0.1) is 5.92 Å². The fourth-order valence-electron chi connectivity index (χ4n) is 3.47. The molecule has 1 aliphatic carbocycles. The number of carbonyl (C=O) groups is 2. The van der Waals surface area contributed by atoms with Gasteiger partial charge in [-0.3, -0.25) is 9.59 Å². The zero-order valence-electron chi connectivity index (χ0n) is 16.0. The van der Waals surface area contributed by atoms with Crippen LogP contribution in [0.2, 0.25) is 5.02 Å². The molecule has 0 spiro atoms. The molecule has 2 atom stereocenters. The van der Waals surface area contributed by atoms with E-state index in [1.165, 1.54) is 12.3 Å². The summed E-state index contributed by atoms with van der Waals surface area (Å²) in [4.78, 5) is 32.0. The summed E-state index contributed by atoms with van der Waals surface area (Å²) in [5, 5.41) is 6.83. The normalized spacial score (nSPS) is 18.7. The third kappa shape index (κ3) is 5.54. The van der Waals surface area contributed by atoms with Crippen LogP contribution in [0.1, 0.15) is 31.2 Å². The molecule has 1 saturated carbocycles. The number of hydrogen-bond acceptors (Lipinski definition) is 6. The van der Waals surface area contributed by atoms with E-state index in [-0.39, 0.29) is 30.1 Å². The van der Waals surface area contributed by atoms with Gasteiger partial charge in [-0.25, -0.2) is 4.98 Å². The summed E-state index contributed by atoms with van der Waals surface area (Å²) < 4.78 is 0. The molecule has 1 aliphatic rings. The summed E-state index contributed by atoms with van der Waals surface area (Å²) in [6.45, 7) is 3.52. The van der Waals surface area contributed by atoms with Crippen molar-refractivity contribution in [3.63, 3.8) is 0 Å². The molecule has 3 rings (SSSR count). The molecule has 8 heteroatoms. The maximum Gasteiger partial charge on any atom is 0.224 e. The second-order valence-corrected chi connectivity index (χ2v) is 7.53. The van der Waals surface area contributed by atoms with E-state index in [9.17, 15) is 9.59 Å². The number of allylic oxidation sites excluding steroid dienone is 1. The van der Waals surface area contributed by atoms with E-state index in [1.54, 1.807) is 0 Å². The highest BCUT2D eigenvalue weighted by Gasteiger charge is 2.26. The number of hydrogen-bond donors (Lipinski definition) is 3. The zero-order chi connectivity index (χ0) is 20.8. The van der Waals surface area contributed by atoms with E-state index in [4.69, 9.17) is 17.3 Å². The highest BCUT2D eigenvalue weighted by Crippen LogP contribution is 2.29. The monoisotopic (exact) mass is 413 g/mol. The van der Waals surface area contributed by atoms with Crippen molar-refractivity contribution in [1.82, 2.24) is 9.97 Å². The summed E-state index contributed by atoms with van der Waals surface area (Å²) in [5.74, 6) is 0.398. The van der Waals surface area contributed by atoms with Crippen LogP contribution < -0.4 is 16.4 Å². The first kappa shape index (κ1) is 20.8. The van der Waals surface area contributed by atoms with Crippen LogP contribution in [0.4, 0.5) is 17.5 Å². The van der Waals surface area contributed by atoms with Gasteiger partial charge in [0, 0.05) is 24.1 Å². The molecular weight excluding hydrogens is 390 g/mol. The highest BCUT2D eigenvalue weighted by atomic mass is 35.5. The quantitative estimate of drug-likeness (QED) is 0.570. The van der Waals surface area contributed by atoms with Crippen LogP contribution in [0.3, 0.4) is 0 Å². The summed E-state index contributed by atoms with van der Waals surface area (Å²) in [6.07, 6.45) is 6.39. The number of para-hydroxylation sites is 1. The van der Waals surface area contributed by atoms with Gasteiger partial charge in [0.2, 0.25) is 11.9 Å². The Balaban J connectivity index is 1.76. The maximum atomic E-state index is 11.8. The summed E-state index contributed by atoms with van der Waals surface area (Å²) in [5.41, 5.74) is 7.01. The van der Waals surface area contributed by atoms with Crippen LogP contribution in [0.15, 0.2) is 43.1 Å². The van der Waals surface area contributed by atoms with Crippen LogP contribution in [-0.2, 0) is 16.0 Å². The Labute approximate surface area is 174 Å². The topological polar surface area (TPSA) is 110 Å². The first-order chi connectivity index (χ1) is 14.0. The molecule has 7 nitrogen and oxygen atoms in total. The third-order valence-electron chi connectivity index (χ3n) is 5.02. The van der Waals surface area contributed by atoms with Crippen molar-refractivity contribution < 1.29 is 9.59 Å². The molecule has 1 heterocycles. The largest absolute Gasteiger partial charge is 0.369 e. The number of halogens is 1. The first-order valence-electron chi connectivity index (χ1n) is 9.55. The minimum absolute atomic E-state index is 0.0725. The second kappa shape index (κ2) is 9.52. The van der Waals surface area contributed by atoms with Gasteiger partial charge in [-0.15, -0.1) is 0 Å². The molecule has 0 saturated heterocycles. The first-order valence-corrected chi connectivity index (χ1v) is 9.92. The Morgan fingerprint density at radius 2 is 2.10 bits per heavy atom. The van der Waals surface area contributed by atoms with Gasteiger partial charge in [0.25, 0.3) is 0 Å². The van der Waals surface area contributed by atoms with Crippen molar-refractivity contribution >= 4 is 40.7 Å². The maximum absolute atomic E-state index is 11.8. The number of ketones is 1. The molecule has 1 aromatic heterocycles. The summed E-state index contributed by atoms with van der Waals surface area (Å²) >= 11 is 6.28. The second-order valence-electron chi connectivity index (χ2n) is 7.13. The molecule has 0 unspecified atom stereocenters. The fraction of sp³-hybridized carbons (Fsp3) is 0.333. The van der Waals surface area contributed by atoms with Crippen LogP contribution >= 0.6 is 11.6 Å². The minimum Gasteiger partial charge on any atom is -0.369 e. The average Bonchev–Trinajstić information content (AvgIpc) is 2.72. The van der Waals surface area contributed by atoms with Crippen molar-refractivity contribution in [2.24, 2.45) is 11.7 Å². The number of nitrogens with two attached hydrogens (primary N) is 1. The van der Waals surface area contributed by atoms with Crippen molar-refractivity contribution in [3.05, 3.63) is 53.7 Å². The molecule has 0 bridgehead atoms. The lowest BCUT2D eigenvalue weighted by Gasteiger charge is -2.28. The van der Waals surface area contributed by atoms with Gasteiger partial charge in [-0.2, -0.15) is 4.98 Å². The standard InChI is InChI=1S/C21H24ClN5O2/c1-2-16(28)11-13-6-3-4-9-18(13)26-20-17(22)12-24-21(27-20)25-15-8-5-7-14(10-15)19(23)29/h2-4,6,9,12,14-15H,1,5,7-8,10-11H2,(H2,23,29)(H2,24,25,26,27)/t14-,15+/m1/s1. The smallest absolute Gasteiger partial charge is 0.224 e. The predicted molar refractivity (Wildman–Crippen MR) is 114 cm³/mol. The van der Waals surface area contributed by atoms with E-state index in [0.717, 1.165) is 30.5 Å². The fourth-order valence-corrected chi connectivity index (χ4v) is 3.61. The number of carbonyl (C=O) groups excluding carboxylic acids is 2. The molecule has 29 heavy (non-hydrogen) atoms. The molecule has 4 N–H and O–H groups in total. The lowest BCUT2D eigenvalue weighted by molar-refractivity contribution is -0.122. The van der Waals surface area contributed by atoms with Gasteiger partial charge in [0.1, 0.15) is 5.02 Å². The number of aromatic nitrogens is 2. The molecule has 2 aromatic rings. The summed E-state index contributed by atoms with van der Waals surface area (Å²) in [6, 6.07) is 7.53. The van der Waals surface area contributed by atoms with Gasteiger partial charge >= 0.3 is 0 Å². The number of benzene rings is 1. The number of nitrogens with zero attached hydrogens (tertiary/aromatic N) is 2. The Bertz CT molecular complexity index is 918. The van der Waals surface area contributed by atoms with Crippen molar-refractivity contribution in [1.29, 1.82) is 0 Å². The van der Waals surface area contributed by atoms with E-state index in [1.807, 2.05) is 24.3 Å². The molecular formula is C21H24ClN5O2. The van der Waals surface area contributed by atoms with E-state index in [0.29, 0.717) is 23.2 Å². The number of anilines is 3. The van der Waals surface area contributed by atoms with Gasteiger partial charge < -0.3 is 16.4 Å². The van der Waals surface area contributed by atoms with Crippen molar-refractivity contribution in [3.8, 4) is 0 Å². The minimum atomic E-state index is -0.262. The van der Waals surface area contributed by atoms with E-state index >= 15 is 0 Å². The van der Waals surface area contributed by atoms with Gasteiger partial charge in [-0.1, -0.05) is 42.8 Å². The molecule has 152 valence electrons. The molecule has 0 radical (unpaired) electrons. The van der Waals surface area contributed by atoms with Gasteiger partial charge in [0.15, 0.2) is 11.6 Å². The molecule has 0 aliphatic heterocycles. The lowest BCUT2D eigenvalue weighted by atomic mass is 9.85. The predicted octanol–water partition coefficient (Wildman–Crippen LogP) is 3.63. The molecule has 1 fully saturated rings. The van der Waals surface area contributed by atoms with Crippen molar-refractivity contribution in [2.45, 2.75) is 38.1 Å².